The van der Waals surface area contributed by atoms with Gasteiger partial charge in [-0.05, 0) is 106 Å². The van der Waals surface area contributed by atoms with Gasteiger partial charge in [0.1, 0.15) is 11.0 Å². The summed E-state index contributed by atoms with van der Waals surface area (Å²) < 4.78 is 25.9. The van der Waals surface area contributed by atoms with Gasteiger partial charge in [0.2, 0.25) is 11.8 Å². The number of aromatic nitrogens is 4. The Balaban J connectivity index is 1.16. The van der Waals surface area contributed by atoms with Crippen LogP contribution in [-0.4, -0.2) is 19.9 Å². The third-order valence-corrected chi connectivity index (χ3v) is 11.3. The molecule has 0 amide bonds. The van der Waals surface area contributed by atoms with E-state index in [0.717, 1.165) is 101 Å². The molecule has 0 N–H and O–H groups in total. The zero-order valence-electron chi connectivity index (χ0n) is 31.5. The Morgan fingerprint density at radius 3 is 1.15 bits per heavy atom. The first kappa shape index (κ1) is 32.6. The highest BCUT2D eigenvalue weighted by molar-refractivity contribution is 6.18. The van der Waals surface area contributed by atoms with E-state index in [9.17, 15) is 0 Å². The summed E-state index contributed by atoms with van der Waals surface area (Å²) in [4.78, 5) is 23.2. The van der Waals surface area contributed by atoms with Gasteiger partial charge in [-0.2, -0.15) is 0 Å². The van der Waals surface area contributed by atoms with Crippen molar-refractivity contribution in [3.63, 3.8) is 0 Å². The van der Waals surface area contributed by atoms with Crippen molar-refractivity contribution in [3.05, 3.63) is 170 Å². The quantitative estimate of drug-likeness (QED) is 0.160. The van der Waals surface area contributed by atoms with Crippen LogP contribution in [0.5, 0.6) is 23.0 Å². The molecule has 0 spiro atoms. The van der Waals surface area contributed by atoms with Gasteiger partial charge < -0.3 is 28.1 Å². The molecule has 6 heterocycles. The second-order valence-electron chi connectivity index (χ2n) is 14.7. The predicted octanol–water partition coefficient (Wildman–Crippen LogP) is 13.6. The van der Waals surface area contributed by atoms with Gasteiger partial charge in [-0.25, -0.2) is 9.97 Å². The molecule has 2 aliphatic heterocycles. The number of benzene rings is 7. The molecule has 4 aromatic heterocycles. The van der Waals surface area contributed by atoms with Crippen molar-refractivity contribution in [3.8, 4) is 45.9 Å². The van der Waals surface area contributed by atoms with Crippen LogP contribution in [0, 0.1) is 0 Å². The third-order valence-electron chi connectivity index (χ3n) is 11.3. The zero-order valence-corrected chi connectivity index (χ0v) is 31.5. The molecule has 282 valence electrons. The van der Waals surface area contributed by atoms with Crippen LogP contribution >= 0.6 is 0 Å². The lowest BCUT2D eigenvalue weighted by atomic mass is 9.93. The van der Waals surface area contributed by atoms with Gasteiger partial charge in [0.05, 0.1) is 35.1 Å². The van der Waals surface area contributed by atoms with Gasteiger partial charge >= 0.3 is 0 Å². The lowest BCUT2D eigenvalue weighted by molar-refractivity contribution is 0.477. The number of hydrogen-bond acceptors (Lipinski definition) is 10. The first-order chi connectivity index (χ1) is 29.7. The molecule has 0 radical (unpaired) electrons. The van der Waals surface area contributed by atoms with Gasteiger partial charge in [-0.15, -0.1) is 0 Å². The average Bonchev–Trinajstić information content (AvgIpc) is 3.94. The van der Waals surface area contributed by atoms with E-state index in [1.807, 2.05) is 84.9 Å². The SMILES string of the molecule is c1ccc2c(c1)Oc1ccccc1N2c1cc(-c2nc3ccncc3o2)c2ccc3c(-c4nc5ccncc5o4)cc(N4c5ccccc5Oc5ccccc54)cc3c2c1. The standard InChI is InChI=1S/C50H28N6O4/c1-5-13-43-39(9-1)55(40-10-2-6-14-44(40)57-43)29-23-33-31(35(25-29)49-53-37-19-21-51-27-47(37)59-49)17-18-32-34(33)24-30(26-36(32)50-54-38-20-22-52-28-48(38)60-50)56-41-11-3-7-15-45(41)58-46-16-8-4-12-42(46)56/h1-28H. The number of pyridine rings is 2. The number of nitrogens with zero attached hydrogens (tertiary/aromatic N) is 6. The highest BCUT2D eigenvalue weighted by Crippen LogP contribution is 2.54. The number of anilines is 6. The van der Waals surface area contributed by atoms with Crippen LogP contribution in [0.1, 0.15) is 0 Å². The maximum Gasteiger partial charge on any atom is 0.228 e. The summed E-state index contributed by atoms with van der Waals surface area (Å²) in [5.74, 6) is 3.98. The van der Waals surface area contributed by atoms with Crippen LogP contribution in [0.25, 0.3) is 66.7 Å². The summed E-state index contributed by atoms with van der Waals surface area (Å²) in [6.45, 7) is 0. The van der Waals surface area contributed by atoms with Gasteiger partial charge in [-0.3, -0.25) is 9.97 Å². The largest absolute Gasteiger partial charge is 0.453 e. The molecule has 0 fully saturated rings. The lowest BCUT2D eigenvalue weighted by Crippen LogP contribution is -2.16. The summed E-state index contributed by atoms with van der Waals surface area (Å²) in [6, 6.07) is 49.2. The Bertz CT molecular complexity index is 3170. The average molecular weight is 777 g/mol. The second-order valence-corrected chi connectivity index (χ2v) is 14.7. The van der Waals surface area contributed by atoms with Gasteiger partial charge in [0.25, 0.3) is 0 Å². The molecule has 60 heavy (non-hydrogen) atoms. The van der Waals surface area contributed by atoms with Crippen LogP contribution < -0.4 is 19.3 Å². The van der Waals surface area contributed by atoms with Crippen LogP contribution in [0.15, 0.2) is 179 Å². The minimum Gasteiger partial charge on any atom is -0.453 e. The van der Waals surface area contributed by atoms with Crippen LogP contribution in [0.2, 0.25) is 0 Å². The predicted molar refractivity (Wildman–Crippen MR) is 233 cm³/mol. The number of oxazole rings is 2. The first-order valence-electron chi connectivity index (χ1n) is 19.5. The fourth-order valence-electron chi connectivity index (χ4n) is 8.62. The minimum atomic E-state index is 0.484. The molecule has 13 rings (SSSR count). The molecular weight excluding hydrogens is 749 g/mol. The summed E-state index contributed by atoms with van der Waals surface area (Å²) in [5, 5.41) is 3.84. The van der Waals surface area contributed by atoms with Gasteiger partial charge in [0, 0.05) is 34.9 Å². The number of ether oxygens (including phenoxy) is 2. The van der Waals surface area contributed by atoms with E-state index in [-0.39, 0.29) is 0 Å². The molecular formula is C50H28N6O4. The summed E-state index contributed by atoms with van der Waals surface area (Å²) >= 11 is 0. The Labute approximate surface area is 341 Å². The van der Waals surface area contributed by atoms with E-state index in [0.29, 0.717) is 22.9 Å². The Kier molecular flexibility index (Phi) is 6.78. The van der Waals surface area contributed by atoms with E-state index in [1.54, 1.807) is 24.8 Å². The maximum absolute atomic E-state index is 6.51. The van der Waals surface area contributed by atoms with E-state index < -0.39 is 0 Å². The van der Waals surface area contributed by atoms with Crippen molar-refractivity contribution in [2.45, 2.75) is 0 Å². The Hall–Kier alpha value is -8.50. The molecule has 0 atom stereocenters. The first-order valence-corrected chi connectivity index (χ1v) is 19.5. The molecule has 10 nitrogen and oxygen atoms in total. The third kappa shape index (κ3) is 4.88. The summed E-state index contributed by atoms with van der Waals surface area (Å²) in [5.41, 5.74) is 9.74. The molecule has 0 bridgehead atoms. The molecule has 2 aliphatic rings. The highest BCUT2D eigenvalue weighted by Gasteiger charge is 2.30. The van der Waals surface area contributed by atoms with Crippen molar-refractivity contribution >= 4 is 77.9 Å². The number of rotatable bonds is 4. The Morgan fingerprint density at radius 2 is 0.767 bits per heavy atom. The van der Waals surface area contributed by atoms with Crippen LogP contribution in [-0.2, 0) is 0 Å². The van der Waals surface area contributed by atoms with Crippen molar-refractivity contribution < 1.29 is 18.3 Å². The molecule has 10 heteroatoms. The van der Waals surface area contributed by atoms with Crippen molar-refractivity contribution in [1.82, 2.24) is 19.9 Å². The Morgan fingerprint density at radius 1 is 0.383 bits per heavy atom. The molecule has 0 saturated heterocycles. The maximum atomic E-state index is 6.51. The zero-order chi connectivity index (χ0) is 39.3. The van der Waals surface area contributed by atoms with E-state index in [2.05, 4.69) is 80.4 Å². The fourth-order valence-corrected chi connectivity index (χ4v) is 8.62. The van der Waals surface area contributed by atoms with Crippen molar-refractivity contribution in [2.75, 3.05) is 9.80 Å². The monoisotopic (exact) mass is 776 g/mol. The van der Waals surface area contributed by atoms with Gasteiger partial charge in [-0.1, -0.05) is 60.7 Å². The molecule has 0 unspecified atom stereocenters. The lowest BCUT2D eigenvalue weighted by Gasteiger charge is -2.33. The normalized spacial score (nSPS) is 12.9. The van der Waals surface area contributed by atoms with Gasteiger partial charge in [0.15, 0.2) is 34.2 Å². The van der Waals surface area contributed by atoms with E-state index in [4.69, 9.17) is 28.3 Å². The summed E-state index contributed by atoms with van der Waals surface area (Å²) in [7, 11) is 0. The number of fused-ring (bicyclic) bond motifs is 9. The van der Waals surface area contributed by atoms with Crippen LogP contribution in [0.4, 0.5) is 34.1 Å². The van der Waals surface area contributed by atoms with E-state index in [1.165, 1.54) is 0 Å². The van der Waals surface area contributed by atoms with E-state index >= 15 is 0 Å². The number of para-hydroxylation sites is 8. The fraction of sp³-hybridized carbons (Fsp3) is 0. The topological polar surface area (TPSA) is 103 Å². The van der Waals surface area contributed by atoms with Crippen molar-refractivity contribution in [2.24, 2.45) is 0 Å². The number of hydrogen-bond donors (Lipinski definition) is 0. The molecule has 0 aliphatic carbocycles. The highest BCUT2D eigenvalue weighted by atomic mass is 16.5. The molecule has 0 saturated carbocycles. The smallest absolute Gasteiger partial charge is 0.228 e. The molecule has 11 aromatic rings. The second kappa shape index (κ2) is 12.5. The van der Waals surface area contributed by atoms with Crippen LogP contribution in [0.3, 0.4) is 0 Å². The van der Waals surface area contributed by atoms with Crippen molar-refractivity contribution in [1.29, 1.82) is 0 Å². The molecule has 7 aromatic carbocycles. The minimum absolute atomic E-state index is 0.484. The summed E-state index contributed by atoms with van der Waals surface area (Å²) in [6.07, 6.45) is 6.86.